The van der Waals surface area contributed by atoms with Crippen molar-refractivity contribution in [2.45, 2.75) is 12.4 Å². The van der Waals surface area contributed by atoms with Gasteiger partial charge in [0.15, 0.2) is 0 Å². The summed E-state index contributed by atoms with van der Waals surface area (Å²) in [6.45, 7) is 1.20. The molecule has 1 rings (SSSR count). The minimum Gasteiger partial charge on any atom is -0.376 e. The number of hydrogen-bond donors (Lipinski definition) is 1. The van der Waals surface area contributed by atoms with E-state index in [1.807, 2.05) is 0 Å². The lowest BCUT2D eigenvalue weighted by molar-refractivity contribution is -0.114. The second kappa shape index (κ2) is 5.25. The zero-order valence-corrected chi connectivity index (χ0v) is 10.9. The van der Waals surface area contributed by atoms with Crippen molar-refractivity contribution >= 4 is 33.3 Å². The van der Waals surface area contributed by atoms with Gasteiger partial charge in [0.05, 0.1) is 10.7 Å². The van der Waals surface area contributed by atoms with Gasteiger partial charge in [-0.1, -0.05) is 11.6 Å². The molecular formula is C9H7ClF3NO4S. The lowest BCUT2D eigenvalue weighted by Crippen LogP contribution is -2.28. The van der Waals surface area contributed by atoms with Crippen LogP contribution in [0.1, 0.15) is 6.92 Å². The maximum atomic E-state index is 12.1. The number of hydrogen-bond acceptors (Lipinski definition) is 4. The Bertz CT molecular complexity index is 600. The molecule has 0 unspecified atom stereocenters. The first-order valence-corrected chi connectivity index (χ1v) is 6.39. The fraction of sp³-hybridized carbons (Fsp3) is 0.222. The number of rotatable bonds is 3. The number of halogens is 4. The summed E-state index contributed by atoms with van der Waals surface area (Å²) in [5, 5.41) is 2.13. The van der Waals surface area contributed by atoms with E-state index in [0.29, 0.717) is 0 Å². The van der Waals surface area contributed by atoms with E-state index < -0.39 is 27.3 Å². The first kappa shape index (κ1) is 15.6. The van der Waals surface area contributed by atoms with Gasteiger partial charge < -0.3 is 9.50 Å². The van der Waals surface area contributed by atoms with Crippen LogP contribution in [0.25, 0.3) is 0 Å². The summed E-state index contributed by atoms with van der Waals surface area (Å²) in [7, 11) is -5.75. The van der Waals surface area contributed by atoms with E-state index in [1.54, 1.807) is 0 Å². The Morgan fingerprint density at radius 3 is 2.37 bits per heavy atom. The molecule has 1 aromatic rings. The van der Waals surface area contributed by atoms with E-state index in [4.69, 9.17) is 11.6 Å². The van der Waals surface area contributed by atoms with Crippen molar-refractivity contribution in [3.05, 3.63) is 23.2 Å². The van der Waals surface area contributed by atoms with Gasteiger partial charge in [0, 0.05) is 13.0 Å². The van der Waals surface area contributed by atoms with E-state index in [9.17, 15) is 26.4 Å². The molecule has 0 atom stereocenters. The highest BCUT2D eigenvalue weighted by molar-refractivity contribution is 7.88. The predicted octanol–water partition coefficient (Wildman–Crippen LogP) is 2.53. The van der Waals surface area contributed by atoms with Crippen LogP contribution in [0.4, 0.5) is 18.9 Å². The lowest BCUT2D eigenvalue weighted by atomic mass is 10.3. The fourth-order valence-corrected chi connectivity index (χ4v) is 1.68. The van der Waals surface area contributed by atoms with Crippen molar-refractivity contribution in [3.63, 3.8) is 0 Å². The van der Waals surface area contributed by atoms with Gasteiger partial charge in [0.2, 0.25) is 5.91 Å². The van der Waals surface area contributed by atoms with E-state index in [-0.39, 0.29) is 10.7 Å². The normalized spacial score (nSPS) is 12.1. The molecule has 106 valence electrons. The van der Waals surface area contributed by atoms with Crippen LogP contribution < -0.4 is 9.50 Å². The average Bonchev–Trinajstić information content (AvgIpc) is 2.19. The van der Waals surface area contributed by atoms with Crippen molar-refractivity contribution in [2.24, 2.45) is 0 Å². The molecule has 0 aliphatic heterocycles. The molecule has 10 heteroatoms. The molecule has 0 aliphatic rings. The molecule has 0 aromatic heterocycles. The van der Waals surface area contributed by atoms with Gasteiger partial charge in [0.1, 0.15) is 5.75 Å². The number of carbonyl (C=O) groups is 1. The zero-order chi connectivity index (χ0) is 14.8. The summed E-state index contributed by atoms with van der Waals surface area (Å²) in [6.07, 6.45) is 0. The van der Waals surface area contributed by atoms with Crippen molar-refractivity contribution < 1.29 is 30.6 Å². The number of carbonyl (C=O) groups excluding carboxylic acids is 1. The minimum atomic E-state index is -5.75. The quantitative estimate of drug-likeness (QED) is 0.687. The molecule has 1 N–H and O–H groups in total. The summed E-state index contributed by atoms with van der Waals surface area (Å²) in [6, 6.07) is 2.89. The Labute approximate surface area is 111 Å². The molecule has 0 radical (unpaired) electrons. The molecule has 0 fully saturated rings. The van der Waals surface area contributed by atoms with Crippen LogP contribution in [-0.2, 0) is 14.9 Å². The Morgan fingerprint density at radius 1 is 1.37 bits per heavy atom. The second-order valence-electron chi connectivity index (χ2n) is 3.31. The summed E-state index contributed by atoms with van der Waals surface area (Å²) >= 11 is 5.65. The highest BCUT2D eigenvalue weighted by atomic mass is 35.5. The number of amides is 1. The van der Waals surface area contributed by atoms with Crippen molar-refractivity contribution in [2.75, 3.05) is 5.32 Å². The third-order valence-electron chi connectivity index (χ3n) is 1.74. The van der Waals surface area contributed by atoms with Crippen LogP contribution in [0.5, 0.6) is 5.75 Å². The van der Waals surface area contributed by atoms with Crippen molar-refractivity contribution in [1.82, 2.24) is 0 Å². The topological polar surface area (TPSA) is 72.5 Å². The minimum absolute atomic E-state index is 0.117. The second-order valence-corrected chi connectivity index (χ2v) is 5.25. The van der Waals surface area contributed by atoms with Gasteiger partial charge >= 0.3 is 15.6 Å². The van der Waals surface area contributed by atoms with E-state index in [1.165, 1.54) is 6.92 Å². The smallest absolute Gasteiger partial charge is 0.376 e. The Balaban J connectivity index is 3.00. The van der Waals surface area contributed by atoms with Crippen molar-refractivity contribution in [3.8, 4) is 5.75 Å². The summed E-state index contributed by atoms with van der Waals surface area (Å²) in [5.74, 6) is -1.06. The molecule has 5 nitrogen and oxygen atoms in total. The molecule has 0 bridgehead atoms. The zero-order valence-electron chi connectivity index (χ0n) is 9.29. The van der Waals surface area contributed by atoms with Crippen molar-refractivity contribution in [1.29, 1.82) is 0 Å². The lowest BCUT2D eigenvalue weighted by Gasteiger charge is -2.11. The van der Waals surface area contributed by atoms with Gasteiger partial charge in [-0.3, -0.25) is 4.79 Å². The number of alkyl halides is 3. The van der Waals surface area contributed by atoms with Gasteiger partial charge in [-0.2, -0.15) is 21.6 Å². The van der Waals surface area contributed by atoms with Crippen LogP contribution in [0.3, 0.4) is 0 Å². The molecular weight excluding hydrogens is 311 g/mol. The summed E-state index contributed by atoms with van der Waals surface area (Å²) in [4.78, 5) is 10.8. The van der Waals surface area contributed by atoms with Gasteiger partial charge in [-0.15, -0.1) is 0 Å². The standard InChI is InChI=1S/C9H7ClF3NO4S/c1-5(15)14-8-3-2-6(4-7(8)10)18-19(16,17)9(11,12)13/h2-4H,1H3,(H,14,15). The first-order chi connectivity index (χ1) is 8.53. The van der Waals surface area contributed by atoms with Gasteiger partial charge in [-0.05, 0) is 12.1 Å². The van der Waals surface area contributed by atoms with Crippen LogP contribution in [-0.4, -0.2) is 19.8 Å². The maximum absolute atomic E-state index is 12.1. The average molecular weight is 318 g/mol. The molecule has 0 heterocycles. The molecule has 0 spiro atoms. The van der Waals surface area contributed by atoms with Crippen LogP contribution in [0.15, 0.2) is 18.2 Å². The van der Waals surface area contributed by atoms with Gasteiger partial charge in [-0.25, -0.2) is 0 Å². The van der Waals surface area contributed by atoms with Gasteiger partial charge in [0.25, 0.3) is 0 Å². The maximum Gasteiger partial charge on any atom is 0.534 e. The Hall–Kier alpha value is -1.48. The highest BCUT2D eigenvalue weighted by Gasteiger charge is 2.48. The van der Waals surface area contributed by atoms with E-state index in [2.05, 4.69) is 9.50 Å². The van der Waals surface area contributed by atoms with Crippen LogP contribution in [0.2, 0.25) is 5.02 Å². The highest BCUT2D eigenvalue weighted by Crippen LogP contribution is 2.31. The largest absolute Gasteiger partial charge is 0.534 e. The third kappa shape index (κ3) is 4.00. The Morgan fingerprint density at radius 2 is 1.95 bits per heavy atom. The number of benzene rings is 1. The third-order valence-corrected chi connectivity index (χ3v) is 3.03. The molecule has 1 aromatic carbocycles. The predicted molar refractivity (Wildman–Crippen MR) is 61.4 cm³/mol. The van der Waals surface area contributed by atoms with Crippen LogP contribution in [0, 0.1) is 0 Å². The number of nitrogens with one attached hydrogen (secondary N) is 1. The fourth-order valence-electron chi connectivity index (χ4n) is 1.01. The molecule has 0 saturated heterocycles. The SMILES string of the molecule is CC(=O)Nc1ccc(OS(=O)(=O)C(F)(F)F)cc1Cl. The van der Waals surface area contributed by atoms with Crippen LogP contribution >= 0.6 is 11.6 Å². The number of anilines is 1. The van der Waals surface area contributed by atoms with E-state index in [0.717, 1.165) is 18.2 Å². The molecule has 0 saturated carbocycles. The molecule has 0 aliphatic carbocycles. The summed E-state index contributed by atoms with van der Waals surface area (Å²) in [5.41, 5.74) is -5.42. The van der Waals surface area contributed by atoms with E-state index >= 15 is 0 Å². The molecule has 19 heavy (non-hydrogen) atoms. The Kier molecular flexibility index (Phi) is 4.31. The monoisotopic (exact) mass is 317 g/mol. The first-order valence-electron chi connectivity index (χ1n) is 4.61. The molecule has 1 amide bonds. The summed E-state index contributed by atoms with van der Waals surface area (Å²) < 4.78 is 61.5.